The summed E-state index contributed by atoms with van der Waals surface area (Å²) >= 11 is 5.48. The minimum atomic E-state index is -4.76. The van der Waals surface area contributed by atoms with Crippen LogP contribution in [0.3, 0.4) is 0 Å². The Morgan fingerprint density at radius 2 is 2.13 bits per heavy atom. The Morgan fingerprint density at radius 1 is 1.60 bits per heavy atom. The number of carbonyl (C=O) groups excluding carboxylic acids is 1. The summed E-state index contributed by atoms with van der Waals surface area (Å²) in [5.74, 6) is 3.59. The maximum atomic E-state index is 12.4. The summed E-state index contributed by atoms with van der Waals surface area (Å²) in [5, 5.41) is 2.67. The SMILES string of the molecule is Cn1nc(C(F)(F)F)c(C(=O)NN)c1Cl. The van der Waals surface area contributed by atoms with Crippen LogP contribution in [0.25, 0.3) is 0 Å². The zero-order valence-corrected chi connectivity index (χ0v) is 8.15. The lowest BCUT2D eigenvalue weighted by atomic mass is 10.2. The molecule has 0 fully saturated rings. The molecule has 0 aliphatic heterocycles. The minimum Gasteiger partial charge on any atom is -0.290 e. The van der Waals surface area contributed by atoms with Gasteiger partial charge in [-0.1, -0.05) is 11.6 Å². The quantitative estimate of drug-likeness (QED) is 0.432. The van der Waals surface area contributed by atoms with Crippen molar-refractivity contribution in [3.05, 3.63) is 16.4 Å². The van der Waals surface area contributed by atoms with Crippen molar-refractivity contribution >= 4 is 17.5 Å². The Hall–Kier alpha value is -1.28. The highest BCUT2D eigenvalue weighted by molar-refractivity contribution is 6.33. The van der Waals surface area contributed by atoms with Gasteiger partial charge in [0.2, 0.25) is 0 Å². The van der Waals surface area contributed by atoms with E-state index in [1.807, 2.05) is 0 Å². The predicted molar refractivity (Wildman–Crippen MR) is 44.9 cm³/mol. The molecule has 1 heterocycles. The first-order chi connectivity index (χ1) is 6.79. The Kier molecular flexibility index (Phi) is 2.91. The van der Waals surface area contributed by atoms with Crippen LogP contribution in [0.4, 0.5) is 13.2 Å². The summed E-state index contributed by atoms with van der Waals surface area (Å²) in [6.45, 7) is 0. The highest BCUT2D eigenvalue weighted by atomic mass is 35.5. The van der Waals surface area contributed by atoms with E-state index in [0.29, 0.717) is 0 Å². The summed E-state index contributed by atoms with van der Waals surface area (Å²) in [7, 11) is 1.19. The monoisotopic (exact) mass is 242 g/mol. The van der Waals surface area contributed by atoms with Crippen molar-refractivity contribution < 1.29 is 18.0 Å². The molecule has 0 bridgehead atoms. The molecule has 84 valence electrons. The fraction of sp³-hybridized carbons (Fsp3) is 0.333. The second-order valence-corrected chi connectivity index (χ2v) is 2.97. The van der Waals surface area contributed by atoms with E-state index in [4.69, 9.17) is 17.4 Å². The van der Waals surface area contributed by atoms with E-state index in [0.717, 1.165) is 4.68 Å². The molecule has 0 radical (unpaired) electrons. The summed E-state index contributed by atoms with van der Waals surface area (Å²) in [5.41, 5.74) is -0.575. The predicted octanol–water partition coefficient (Wildman–Crippen LogP) is 0.696. The number of aromatic nitrogens is 2. The van der Waals surface area contributed by atoms with Crippen molar-refractivity contribution in [2.75, 3.05) is 0 Å². The average molecular weight is 243 g/mol. The van der Waals surface area contributed by atoms with E-state index in [1.54, 1.807) is 5.43 Å². The van der Waals surface area contributed by atoms with Crippen LogP contribution in [-0.2, 0) is 13.2 Å². The van der Waals surface area contributed by atoms with Crippen LogP contribution >= 0.6 is 11.6 Å². The van der Waals surface area contributed by atoms with Crippen molar-refractivity contribution in [2.45, 2.75) is 6.18 Å². The topological polar surface area (TPSA) is 72.9 Å². The highest BCUT2D eigenvalue weighted by Crippen LogP contribution is 2.33. The number of aryl methyl sites for hydroxylation is 1. The number of amides is 1. The number of alkyl halides is 3. The van der Waals surface area contributed by atoms with Crippen molar-refractivity contribution in [3.8, 4) is 0 Å². The van der Waals surface area contributed by atoms with Gasteiger partial charge in [-0.05, 0) is 0 Å². The zero-order chi connectivity index (χ0) is 11.8. The first-order valence-corrected chi connectivity index (χ1v) is 3.97. The number of hydrazine groups is 1. The fourth-order valence-electron chi connectivity index (χ4n) is 0.975. The first kappa shape index (κ1) is 11.8. The molecule has 0 aliphatic carbocycles. The second-order valence-electron chi connectivity index (χ2n) is 2.61. The molecule has 0 spiro atoms. The molecule has 1 aromatic heterocycles. The molecule has 9 heteroatoms. The average Bonchev–Trinajstić information content (AvgIpc) is 2.42. The van der Waals surface area contributed by atoms with Gasteiger partial charge in [-0.2, -0.15) is 18.3 Å². The molecule has 0 atom stereocenters. The number of nitrogens with two attached hydrogens (primary N) is 1. The lowest BCUT2D eigenvalue weighted by molar-refractivity contribution is -0.141. The van der Waals surface area contributed by atoms with Crippen molar-refractivity contribution in [1.29, 1.82) is 0 Å². The molecule has 5 nitrogen and oxygen atoms in total. The Labute approximate surface area is 87.0 Å². The summed E-state index contributed by atoms with van der Waals surface area (Å²) in [6, 6.07) is 0. The molecule has 1 amide bonds. The Balaban J connectivity index is 3.40. The normalized spacial score (nSPS) is 11.6. The van der Waals surface area contributed by atoms with Gasteiger partial charge in [0.15, 0.2) is 5.69 Å². The molecule has 1 aromatic rings. The number of hydrogen-bond donors (Lipinski definition) is 2. The van der Waals surface area contributed by atoms with Gasteiger partial charge in [0, 0.05) is 7.05 Å². The van der Waals surface area contributed by atoms with Crippen molar-refractivity contribution in [2.24, 2.45) is 12.9 Å². The first-order valence-electron chi connectivity index (χ1n) is 3.59. The van der Waals surface area contributed by atoms with Gasteiger partial charge in [0.25, 0.3) is 5.91 Å². The maximum absolute atomic E-state index is 12.4. The second kappa shape index (κ2) is 3.70. The Morgan fingerprint density at radius 3 is 2.53 bits per heavy atom. The number of rotatable bonds is 1. The fourth-order valence-corrected chi connectivity index (χ4v) is 1.19. The summed E-state index contributed by atoms with van der Waals surface area (Å²) < 4.78 is 37.9. The molecule has 0 saturated heterocycles. The van der Waals surface area contributed by atoms with E-state index < -0.39 is 28.5 Å². The van der Waals surface area contributed by atoms with Crippen molar-refractivity contribution in [3.63, 3.8) is 0 Å². The van der Waals surface area contributed by atoms with Crippen LogP contribution in [0.5, 0.6) is 0 Å². The zero-order valence-electron chi connectivity index (χ0n) is 7.39. The number of hydrogen-bond acceptors (Lipinski definition) is 3. The van der Waals surface area contributed by atoms with Crippen LogP contribution in [-0.4, -0.2) is 15.7 Å². The number of carbonyl (C=O) groups is 1. The van der Waals surface area contributed by atoms with Crippen LogP contribution in [0, 0.1) is 0 Å². The third-order valence-corrected chi connectivity index (χ3v) is 2.04. The van der Waals surface area contributed by atoms with Gasteiger partial charge >= 0.3 is 6.18 Å². The van der Waals surface area contributed by atoms with E-state index in [9.17, 15) is 18.0 Å². The van der Waals surface area contributed by atoms with Gasteiger partial charge in [0.05, 0.1) is 0 Å². The molecule has 0 saturated carbocycles. The number of nitrogens with zero attached hydrogens (tertiary/aromatic N) is 2. The molecule has 0 aliphatic rings. The van der Waals surface area contributed by atoms with E-state index in [2.05, 4.69) is 5.10 Å². The molecule has 0 aromatic carbocycles. The molecule has 3 N–H and O–H groups in total. The molecule has 15 heavy (non-hydrogen) atoms. The lowest BCUT2D eigenvalue weighted by Gasteiger charge is -2.04. The van der Waals surface area contributed by atoms with Gasteiger partial charge < -0.3 is 0 Å². The van der Waals surface area contributed by atoms with Gasteiger partial charge in [0.1, 0.15) is 10.7 Å². The molecule has 0 unspecified atom stereocenters. The van der Waals surface area contributed by atoms with Gasteiger partial charge in [-0.25, -0.2) is 5.84 Å². The minimum absolute atomic E-state index is 0.426. The maximum Gasteiger partial charge on any atom is 0.436 e. The molecule has 1 rings (SSSR count). The van der Waals surface area contributed by atoms with Crippen LogP contribution in [0.1, 0.15) is 16.1 Å². The number of halogens is 4. The van der Waals surface area contributed by atoms with Crippen molar-refractivity contribution in [1.82, 2.24) is 15.2 Å². The number of nitrogen functional groups attached to an aromatic ring is 1. The third kappa shape index (κ3) is 2.05. The van der Waals surface area contributed by atoms with Gasteiger partial charge in [-0.15, -0.1) is 0 Å². The Bertz CT molecular complexity index is 400. The van der Waals surface area contributed by atoms with Crippen LogP contribution in [0.2, 0.25) is 5.15 Å². The van der Waals surface area contributed by atoms with Crippen LogP contribution in [0.15, 0.2) is 0 Å². The third-order valence-electron chi connectivity index (χ3n) is 1.60. The van der Waals surface area contributed by atoms with Gasteiger partial charge in [-0.3, -0.25) is 14.9 Å². The van der Waals surface area contributed by atoms with E-state index >= 15 is 0 Å². The highest BCUT2D eigenvalue weighted by Gasteiger charge is 2.40. The summed E-state index contributed by atoms with van der Waals surface area (Å²) in [4.78, 5) is 11.0. The standard InChI is InChI=1S/C6H6ClF3N4O/c1-14-4(7)2(5(15)12-11)3(13-14)6(8,9)10/h11H2,1H3,(H,12,15). The number of nitrogens with one attached hydrogen (secondary N) is 1. The van der Waals surface area contributed by atoms with E-state index in [1.165, 1.54) is 7.05 Å². The largest absolute Gasteiger partial charge is 0.436 e. The van der Waals surface area contributed by atoms with E-state index in [-0.39, 0.29) is 0 Å². The smallest absolute Gasteiger partial charge is 0.290 e. The molecular formula is C6H6ClF3N4O. The summed E-state index contributed by atoms with van der Waals surface area (Å²) in [6.07, 6.45) is -4.76. The van der Waals surface area contributed by atoms with Crippen LogP contribution < -0.4 is 11.3 Å². The lowest BCUT2D eigenvalue weighted by Crippen LogP contribution is -2.31. The molecular weight excluding hydrogens is 237 g/mol.